The Kier molecular flexibility index (Phi) is 6.73. The second-order valence-electron chi connectivity index (χ2n) is 11.3. The van der Waals surface area contributed by atoms with Crippen LogP contribution in [0.25, 0.3) is 0 Å². The number of nitrogens with one attached hydrogen (secondary N) is 2. The maximum absolute atomic E-state index is 12.8. The van der Waals surface area contributed by atoms with Gasteiger partial charge in [-0.3, -0.25) is 14.4 Å². The Labute approximate surface area is 208 Å². The summed E-state index contributed by atoms with van der Waals surface area (Å²) in [6, 6.07) is -0.641. The van der Waals surface area contributed by atoms with Crippen molar-refractivity contribution in [2.45, 2.75) is 58.4 Å². The van der Waals surface area contributed by atoms with E-state index in [1.165, 1.54) is 12.8 Å². The number of aliphatic hydroxyl groups is 1. The molecule has 2 aliphatic heterocycles. The first-order chi connectivity index (χ1) is 16.9. The number of carbonyl (C=O) groups excluding carboxylic acids is 3. The summed E-state index contributed by atoms with van der Waals surface area (Å²) in [5, 5.41) is 16.3. The first kappa shape index (κ1) is 24.1. The Morgan fingerprint density at radius 1 is 1.00 bits per heavy atom. The number of Topliss-reactive ketones (excluding diaryl/α,β-unsaturated/α-hetero) is 1. The van der Waals surface area contributed by atoms with Crippen LogP contribution in [-0.4, -0.2) is 35.3 Å². The number of aliphatic hydroxyl groups excluding tert-OH is 1. The molecule has 9 atom stereocenters. The van der Waals surface area contributed by atoms with Gasteiger partial charge in [0.2, 0.25) is 5.91 Å². The number of amides is 2. The molecule has 0 aromatic rings. The maximum atomic E-state index is 12.8. The molecular weight excluding hydrogens is 440 g/mol. The number of hydrogen-bond donors (Lipinski definition) is 3. The van der Waals surface area contributed by atoms with Gasteiger partial charge in [-0.2, -0.15) is 0 Å². The Morgan fingerprint density at radius 3 is 2.57 bits per heavy atom. The minimum absolute atomic E-state index is 0.0235. The van der Waals surface area contributed by atoms with E-state index in [0.29, 0.717) is 49.5 Å². The van der Waals surface area contributed by atoms with Crippen molar-refractivity contribution in [2.75, 3.05) is 6.54 Å². The molecule has 0 radical (unpaired) electrons. The molecule has 2 amide bonds. The van der Waals surface area contributed by atoms with Crippen LogP contribution in [0.3, 0.4) is 0 Å². The van der Waals surface area contributed by atoms with Crippen molar-refractivity contribution in [1.29, 1.82) is 0 Å². The third-order valence-corrected chi connectivity index (χ3v) is 9.42. The molecule has 5 rings (SSSR count). The van der Waals surface area contributed by atoms with Crippen LogP contribution >= 0.6 is 0 Å². The predicted octanol–water partition coefficient (Wildman–Crippen LogP) is 4.02. The Bertz CT molecular complexity index is 1010. The zero-order valence-corrected chi connectivity index (χ0v) is 20.8. The third-order valence-electron chi connectivity index (χ3n) is 9.42. The zero-order valence-electron chi connectivity index (χ0n) is 20.8. The van der Waals surface area contributed by atoms with Gasteiger partial charge in [0.15, 0.2) is 5.78 Å². The highest BCUT2D eigenvalue weighted by atomic mass is 16.3. The minimum Gasteiger partial charge on any atom is -0.507 e. The Morgan fingerprint density at radius 2 is 1.77 bits per heavy atom. The van der Waals surface area contributed by atoms with E-state index in [1.807, 2.05) is 12.2 Å². The second-order valence-corrected chi connectivity index (χ2v) is 11.3. The molecule has 1 saturated heterocycles. The molecule has 0 spiro atoms. The summed E-state index contributed by atoms with van der Waals surface area (Å²) in [4.78, 5) is 37.6. The van der Waals surface area contributed by atoms with Gasteiger partial charge in [-0.05, 0) is 79.1 Å². The number of rotatable bonds is 1. The fourth-order valence-electron chi connectivity index (χ4n) is 7.81. The lowest BCUT2D eigenvalue weighted by Gasteiger charge is -2.35. The van der Waals surface area contributed by atoms with Crippen LogP contribution in [0.1, 0.15) is 52.4 Å². The van der Waals surface area contributed by atoms with Gasteiger partial charge in [0.05, 0.1) is 6.04 Å². The lowest BCUT2D eigenvalue weighted by atomic mass is 9.70. The van der Waals surface area contributed by atoms with Crippen molar-refractivity contribution in [1.82, 2.24) is 10.6 Å². The molecule has 35 heavy (non-hydrogen) atoms. The highest BCUT2D eigenvalue weighted by molar-refractivity contribution is 6.27. The van der Waals surface area contributed by atoms with Crippen molar-refractivity contribution in [2.24, 2.45) is 47.3 Å². The molecule has 6 heteroatoms. The molecule has 0 aromatic heterocycles. The van der Waals surface area contributed by atoms with E-state index < -0.39 is 11.9 Å². The van der Waals surface area contributed by atoms with Gasteiger partial charge in [-0.1, -0.05) is 50.6 Å². The summed E-state index contributed by atoms with van der Waals surface area (Å²) in [5.41, 5.74) is -0.139. The number of fused-ring (bicyclic) bond motifs is 7. The summed E-state index contributed by atoms with van der Waals surface area (Å²) in [6.45, 7) is 5.15. The summed E-state index contributed by atoms with van der Waals surface area (Å²) < 4.78 is 0. The summed E-state index contributed by atoms with van der Waals surface area (Å²) >= 11 is 0. The van der Waals surface area contributed by atoms with E-state index in [2.05, 4.69) is 42.7 Å². The Balaban J connectivity index is 1.46. The van der Waals surface area contributed by atoms with Crippen molar-refractivity contribution in [3.8, 4) is 0 Å². The molecule has 3 fully saturated rings. The van der Waals surface area contributed by atoms with Crippen LogP contribution in [0.5, 0.6) is 0 Å². The van der Waals surface area contributed by atoms with Crippen LogP contribution in [0.15, 0.2) is 47.8 Å². The number of ketones is 1. The fraction of sp³-hybridized carbons (Fsp3) is 0.621. The smallest absolute Gasteiger partial charge is 0.259 e. The van der Waals surface area contributed by atoms with Crippen LogP contribution in [-0.2, 0) is 14.4 Å². The first-order valence-corrected chi connectivity index (χ1v) is 13.5. The number of hydrogen-bond acceptors (Lipinski definition) is 4. The molecule has 6 nitrogen and oxygen atoms in total. The molecule has 5 aliphatic rings. The van der Waals surface area contributed by atoms with Crippen molar-refractivity contribution < 1.29 is 19.5 Å². The van der Waals surface area contributed by atoms with Gasteiger partial charge in [-0.15, -0.1) is 0 Å². The normalized spacial score (nSPS) is 42.3. The highest BCUT2D eigenvalue weighted by Gasteiger charge is 2.51. The van der Waals surface area contributed by atoms with E-state index in [9.17, 15) is 19.5 Å². The summed E-state index contributed by atoms with van der Waals surface area (Å²) in [7, 11) is 0. The topological polar surface area (TPSA) is 95.5 Å². The van der Waals surface area contributed by atoms with Gasteiger partial charge in [0.25, 0.3) is 5.91 Å². The minimum atomic E-state index is -0.641. The molecule has 3 aliphatic carbocycles. The average molecular weight is 479 g/mol. The van der Waals surface area contributed by atoms with Crippen LogP contribution in [0, 0.1) is 47.3 Å². The molecule has 3 N–H and O–H groups in total. The monoisotopic (exact) mass is 478 g/mol. The van der Waals surface area contributed by atoms with E-state index in [-0.39, 0.29) is 34.9 Å². The molecule has 2 bridgehead atoms. The third kappa shape index (κ3) is 4.41. The van der Waals surface area contributed by atoms with E-state index in [1.54, 1.807) is 6.08 Å². The van der Waals surface area contributed by atoms with Crippen LogP contribution in [0.2, 0.25) is 0 Å². The molecule has 0 unspecified atom stereocenters. The van der Waals surface area contributed by atoms with E-state index in [4.69, 9.17) is 0 Å². The van der Waals surface area contributed by atoms with Crippen molar-refractivity contribution in [3.63, 3.8) is 0 Å². The van der Waals surface area contributed by atoms with Gasteiger partial charge < -0.3 is 15.7 Å². The lowest BCUT2D eigenvalue weighted by Crippen LogP contribution is -2.31. The van der Waals surface area contributed by atoms with Gasteiger partial charge >= 0.3 is 0 Å². The molecule has 188 valence electrons. The molecule has 0 aromatic carbocycles. The predicted molar refractivity (Wildman–Crippen MR) is 134 cm³/mol. The number of carbonyl (C=O) groups is 3. The van der Waals surface area contributed by atoms with Crippen molar-refractivity contribution >= 4 is 17.6 Å². The van der Waals surface area contributed by atoms with Gasteiger partial charge in [0, 0.05) is 13.0 Å². The van der Waals surface area contributed by atoms with Crippen molar-refractivity contribution in [3.05, 3.63) is 47.8 Å². The maximum Gasteiger partial charge on any atom is 0.259 e. The van der Waals surface area contributed by atoms with Gasteiger partial charge in [-0.25, -0.2) is 0 Å². The summed E-state index contributed by atoms with van der Waals surface area (Å²) in [6.07, 6.45) is 17.5. The standard InChI is InChI=1S/C29H38N2O4/c1-3-18-16(2)14-22-20(18)10-11-21-19-6-4-8-26(33)30-13-5-7-24-28(34)27(29(35)31-24)25(32)12-9-17(19)15-23(21)22/h4,6,9-12,16-24,32H,3,5,7-8,13-15H2,1-2H3,(H,30,33)(H,31,35)/b6-4+,12-9?,27-25?/t16-,17-,18-,19+,20+,21-,22+,23+,24+/m1/s1. The van der Waals surface area contributed by atoms with Gasteiger partial charge in [0.1, 0.15) is 11.3 Å². The van der Waals surface area contributed by atoms with E-state index in [0.717, 1.165) is 18.3 Å². The molecule has 2 heterocycles. The highest BCUT2D eigenvalue weighted by Crippen LogP contribution is 2.58. The molecule has 2 saturated carbocycles. The SMILES string of the molecule is CC[C@H]1[C@@H]2C=C[C@@H]3[C@H]4/C=C/CC(=O)NCCC[C@@H]5NC(=O)C(=C(O)C=C[C@@H]4C[C@@H]3[C@H]2C[C@H]1C)C5=O. The Hall–Kier alpha value is -2.63. The quantitative estimate of drug-likeness (QED) is 0.392. The van der Waals surface area contributed by atoms with E-state index >= 15 is 0 Å². The fourth-order valence-corrected chi connectivity index (χ4v) is 7.81. The average Bonchev–Trinajstić information content (AvgIpc) is 3.44. The summed E-state index contributed by atoms with van der Waals surface area (Å²) in [5.74, 6) is 3.04. The largest absolute Gasteiger partial charge is 0.507 e. The number of allylic oxidation sites excluding steroid dienone is 5. The zero-order chi connectivity index (χ0) is 24.7. The second kappa shape index (κ2) is 9.79. The molecular formula is C29H38N2O4. The lowest BCUT2D eigenvalue weighted by molar-refractivity contribution is -0.120. The van der Waals surface area contributed by atoms with Crippen LogP contribution in [0.4, 0.5) is 0 Å². The first-order valence-electron chi connectivity index (χ1n) is 13.5. The van der Waals surface area contributed by atoms with Crippen LogP contribution < -0.4 is 10.6 Å².